The molecule has 8 heteroatoms. The van der Waals surface area contributed by atoms with Crippen molar-refractivity contribution in [1.29, 1.82) is 0 Å². The number of nitrogens with one attached hydrogen (secondary N) is 2. The Morgan fingerprint density at radius 3 is 2.43 bits per heavy atom. The lowest BCUT2D eigenvalue weighted by atomic mass is 9.97. The summed E-state index contributed by atoms with van der Waals surface area (Å²) in [4.78, 5) is 35.1. The lowest BCUT2D eigenvalue weighted by molar-refractivity contribution is -0.159. The second-order valence-corrected chi connectivity index (χ2v) is 5.79. The summed E-state index contributed by atoms with van der Waals surface area (Å²) >= 11 is 0. The van der Waals surface area contributed by atoms with Crippen molar-refractivity contribution >= 4 is 17.9 Å². The van der Waals surface area contributed by atoms with Crippen molar-refractivity contribution in [3.05, 3.63) is 0 Å². The van der Waals surface area contributed by atoms with Crippen molar-refractivity contribution < 1.29 is 24.2 Å². The van der Waals surface area contributed by atoms with Crippen LogP contribution in [-0.2, 0) is 14.3 Å². The first-order valence-electron chi connectivity index (χ1n) is 7.06. The quantitative estimate of drug-likeness (QED) is 0.544. The number of carboxylic acids is 1. The van der Waals surface area contributed by atoms with Crippen molar-refractivity contribution in [3.8, 4) is 0 Å². The molecule has 2 aliphatic rings. The molecule has 3 amide bonds. The highest BCUT2D eigenvalue weighted by Crippen LogP contribution is 2.28. The number of carbonyl (C=O) groups is 3. The van der Waals surface area contributed by atoms with Gasteiger partial charge >= 0.3 is 12.0 Å². The van der Waals surface area contributed by atoms with Crippen LogP contribution in [0.2, 0.25) is 0 Å². The molecule has 2 fully saturated rings. The smallest absolute Gasteiger partial charge is 0.329 e. The van der Waals surface area contributed by atoms with E-state index in [2.05, 4.69) is 10.6 Å². The molecule has 3 N–H and O–H groups in total. The van der Waals surface area contributed by atoms with E-state index in [1.165, 1.54) is 0 Å². The van der Waals surface area contributed by atoms with E-state index >= 15 is 0 Å². The standard InChI is InChI=1S/C13H21N3O5/c1-13(21-6-10(17)18)7-16(8-13)12(20)15-5-4-14-11(19)9-2-3-9/h9H,2-8H2,1H3,(H,14,19)(H,15,20)(H,17,18). The summed E-state index contributed by atoms with van der Waals surface area (Å²) in [6, 6.07) is -0.230. The summed E-state index contributed by atoms with van der Waals surface area (Å²) < 4.78 is 5.22. The van der Waals surface area contributed by atoms with Gasteiger partial charge in [0, 0.05) is 19.0 Å². The first-order valence-corrected chi connectivity index (χ1v) is 7.06. The van der Waals surface area contributed by atoms with Crippen molar-refractivity contribution in [2.45, 2.75) is 25.4 Å². The fraction of sp³-hybridized carbons (Fsp3) is 0.769. The molecule has 8 nitrogen and oxygen atoms in total. The molecule has 21 heavy (non-hydrogen) atoms. The van der Waals surface area contributed by atoms with Crippen LogP contribution in [-0.4, -0.2) is 66.3 Å². The third kappa shape index (κ3) is 4.59. The maximum absolute atomic E-state index is 11.8. The monoisotopic (exact) mass is 299 g/mol. The molecule has 0 radical (unpaired) electrons. The van der Waals surface area contributed by atoms with Gasteiger partial charge in [-0.3, -0.25) is 4.79 Å². The van der Waals surface area contributed by atoms with Crippen molar-refractivity contribution in [2.75, 3.05) is 32.8 Å². The van der Waals surface area contributed by atoms with Gasteiger partial charge in [-0.25, -0.2) is 9.59 Å². The van der Waals surface area contributed by atoms with Gasteiger partial charge in [-0.2, -0.15) is 0 Å². The van der Waals surface area contributed by atoms with Crippen LogP contribution in [0, 0.1) is 5.92 Å². The number of hydrogen-bond donors (Lipinski definition) is 3. The SMILES string of the molecule is CC1(OCC(=O)O)CN(C(=O)NCCNC(=O)C2CC2)C1. The number of rotatable bonds is 7. The van der Waals surface area contributed by atoms with Crippen molar-refractivity contribution in [2.24, 2.45) is 5.92 Å². The number of ether oxygens (including phenoxy) is 1. The fourth-order valence-corrected chi connectivity index (χ4v) is 2.19. The maximum atomic E-state index is 11.8. The molecular formula is C13H21N3O5. The van der Waals surface area contributed by atoms with E-state index in [9.17, 15) is 14.4 Å². The van der Waals surface area contributed by atoms with Crippen LogP contribution in [0.1, 0.15) is 19.8 Å². The molecule has 1 aliphatic heterocycles. The Morgan fingerprint density at radius 2 is 1.86 bits per heavy atom. The third-order valence-electron chi connectivity index (χ3n) is 3.53. The summed E-state index contributed by atoms with van der Waals surface area (Å²) in [5.74, 6) is -0.795. The molecule has 1 saturated carbocycles. The summed E-state index contributed by atoms with van der Waals surface area (Å²) in [6.07, 6.45) is 1.92. The molecule has 1 heterocycles. The molecule has 0 aromatic carbocycles. The van der Waals surface area contributed by atoms with Gasteiger partial charge in [0.2, 0.25) is 5.91 Å². The Hall–Kier alpha value is -1.83. The number of carboxylic acid groups (broad SMARTS) is 1. The third-order valence-corrected chi connectivity index (χ3v) is 3.53. The predicted molar refractivity (Wildman–Crippen MR) is 72.7 cm³/mol. The summed E-state index contributed by atoms with van der Waals surface area (Å²) in [5.41, 5.74) is -0.587. The van der Waals surface area contributed by atoms with Gasteiger partial charge < -0.3 is 25.4 Å². The molecule has 1 saturated heterocycles. The van der Waals surface area contributed by atoms with Gasteiger partial charge in [0.15, 0.2) is 0 Å². The van der Waals surface area contributed by atoms with E-state index < -0.39 is 11.6 Å². The Kier molecular flexibility index (Phi) is 4.66. The lowest BCUT2D eigenvalue weighted by Gasteiger charge is -2.46. The minimum atomic E-state index is -1.02. The zero-order valence-corrected chi connectivity index (χ0v) is 12.1. The molecule has 0 bridgehead atoms. The second-order valence-electron chi connectivity index (χ2n) is 5.79. The van der Waals surface area contributed by atoms with Gasteiger partial charge in [-0.05, 0) is 19.8 Å². The van der Waals surface area contributed by atoms with E-state index in [1.54, 1.807) is 11.8 Å². The van der Waals surface area contributed by atoms with Crippen LogP contribution in [0.15, 0.2) is 0 Å². The van der Waals surface area contributed by atoms with E-state index in [0.717, 1.165) is 12.8 Å². The fourth-order valence-electron chi connectivity index (χ4n) is 2.19. The molecule has 1 aliphatic carbocycles. The highest BCUT2D eigenvalue weighted by molar-refractivity contribution is 5.81. The number of amides is 3. The van der Waals surface area contributed by atoms with E-state index in [1.807, 2.05) is 0 Å². The maximum Gasteiger partial charge on any atom is 0.329 e. The topological polar surface area (TPSA) is 108 Å². The predicted octanol–water partition coefficient (Wildman–Crippen LogP) is -0.602. The Morgan fingerprint density at radius 1 is 1.24 bits per heavy atom. The van der Waals surface area contributed by atoms with E-state index in [0.29, 0.717) is 26.2 Å². The van der Waals surface area contributed by atoms with Crippen LogP contribution in [0.4, 0.5) is 4.79 Å². The van der Waals surface area contributed by atoms with Crippen molar-refractivity contribution in [1.82, 2.24) is 15.5 Å². The first kappa shape index (κ1) is 15.6. The molecule has 2 rings (SSSR count). The lowest BCUT2D eigenvalue weighted by Crippen LogP contribution is -2.65. The number of carbonyl (C=O) groups excluding carboxylic acids is 2. The van der Waals surface area contributed by atoms with Crippen LogP contribution < -0.4 is 10.6 Å². The average molecular weight is 299 g/mol. The number of aliphatic carboxylic acids is 1. The molecule has 0 aromatic rings. The van der Waals surface area contributed by atoms with E-state index in [-0.39, 0.29) is 24.5 Å². The largest absolute Gasteiger partial charge is 0.480 e. The van der Waals surface area contributed by atoms with Gasteiger partial charge in [-0.1, -0.05) is 0 Å². The minimum Gasteiger partial charge on any atom is -0.480 e. The Bertz CT molecular complexity index is 430. The van der Waals surface area contributed by atoms with Gasteiger partial charge in [0.1, 0.15) is 12.2 Å². The van der Waals surface area contributed by atoms with Gasteiger partial charge in [-0.15, -0.1) is 0 Å². The summed E-state index contributed by atoms with van der Waals surface area (Å²) in [5, 5.41) is 14.0. The number of nitrogens with zero attached hydrogens (tertiary/aromatic N) is 1. The minimum absolute atomic E-state index is 0.0582. The Balaban J connectivity index is 1.55. The van der Waals surface area contributed by atoms with Gasteiger partial charge in [0.25, 0.3) is 0 Å². The molecule has 0 spiro atoms. The summed E-state index contributed by atoms with van der Waals surface area (Å²) in [6.45, 7) is 2.93. The van der Waals surface area contributed by atoms with Crippen molar-refractivity contribution in [3.63, 3.8) is 0 Å². The summed E-state index contributed by atoms with van der Waals surface area (Å²) in [7, 11) is 0. The molecular weight excluding hydrogens is 278 g/mol. The Labute approximate surface area is 122 Å². The highest BCUT2D eigenvalue weighted by Gasteiger charge is 2.42. The molecule has 118 valence electrons. The van der Waals surface area contributed by atoms with Crippen LogP contribution in [0.25, 0.3) is 0 Å². The van der Waals surface area contributed by atoms with Gasteiger partial charge in [0.05, 0.1) is 13.1 Å². The number of likely N-dealkylation sites (tertiary alicyclic amines) is 1. The number of urea groups is 1. The van der Waals surface area contributed by atoms with Crippen LogP contribution >= 0.6 is 0 Å². The zero-order valence-electron chi connectivity index (χ0n) is 12.1. The molecule has 0 atom stereocenters. The average Bonchev–Trinajstić information content (AvgIpc) is 3.22. The molecule has 0 unspecified atom stereocenters. The van der Waals surface area contributed by atoms with E-state index in [4.69, 9.17) is 9.84 Å². The number of hydrogen-bond acceptors (Lipinski definition) is 4. The second kappa shape index (κ2) is 6.30. The normalized spacial score (nSPS) is 19.6. The zero-order chi connectivity index (χ0) is 15.5. The highest BCUT2D eigenvalue weighted by atomic mass is 16.5. The van der Waals surface area contributed by atoms with Crippen LogP contribution in [0.3, 0.4) is 0 Å². The molecule has 0 aromatic heterocycles. The first-order chi connectivity index (χ1) is 9.89. The van der Waals surface area contributed by atoms with Crippen LogP contribution in [0.5, 0.6) is 0 Å².